The number of nitrogens with zero attached hydrogens (tertiary/aromatic N) is 1. The van der Waals surface area contributed by atoms with Crippen LogP contribution >= 0.6 is 0 Å². The van der Waals surface area contributed by atoms with Crippen molar-refractivity contribution in [3.63, 3.8) is 0 Å². The largest absolute Gasteiger partial charge is 0.494 e. The lowest BCUT2D eigenvalue weighted by Gasteiger charge is -2.19. The van der Waals surface area contributed by atoms with Crippen molar-refractivity contribution in [2.45, 2.75) is 52.4 Å². The van der Waals surface area contributed by atoms with Gasteiger partial charge < -0.3 is 15.5 Å². The standard InChI is InChI=1S/C27H33N3O/c1-17-9-11-21-20(12-14-24(31-5)26(21)29-17)25-19(8-6-7-15-28)22-16-18(27(2,3)4)10-13-23(22)30-25/h9-14,16,30H,6-8,15,28H2,1-5H3. The number of H-pyrrole nitrogens is 1. The van der Waals surface area contributed by atoms with Crippen LogP contribution in [0.5, 0.6) is 5.75 Å². The van der Waals surface area contributed by atoms with Crippen LogP contribution in [0, 0.1) is 6.92 Å². The Hall–Kier alpha value is -2.85. The number of nitrogens with two attached hydrogens (primary N) is 1. The topological polar surface area (TPSA) is 63.9 Å². The SMILES string of the molecule is COc1ccc(-c2[nH]c3ccc(C(C)(C)C)cc3c2CCCCN)c2ccc(C)nc12. The van der Waals surface area contributed by atoms with Crippen LogP contribution in [0.1, 0.15) is 50.4 Å². The van der Waals surface area contributed by atoms with Crippen molar-refractivity contribution in [2.24, 2.45) is 5.73 Å². The number of aryl methyl sites for hydroxylation is 2. The quantitative estimate of drug-likeness (QED) is 0.364. The van der Waals surface area contributed by atoms with Gasteiger partial charge >= 0.3 is 0 Å². The Bertz CT molecular complexity index is 1230. The molecule has 0 saturated carbocycles. The Morgan fingerprint density at radius 2 is 1.81 bits per heavy atom. The van der Waals surface area contributed by atoms with Crippen molar-refractivity contribution in [3.05, 3.63) is 59.3 Å². The number of hydrogen-bond donors (Lipinski definition) is 2. The first-order chi connectivity index (χ1) is 14.8. The minimum atomic E-state index is 0.106. The normalized spacial score (nSPS) is 12.1. The Labute approximate surface area is 184 Å². The zero-order valence-electron chi connectivity index (χ0n) is 19.3. The van der Waals surface area contributed by atoms with Crippen LogP contribution in [0.25, 0.3) is 33.1 Å². The molecular formula is C27H33N3O. The van der Waals surface area contributed by atoms with Gasteiger partial charge in [0.05, 0.1) is 12.8 Å². The minimum absolute atomic E-state index is 0.106. The van der Waals surface area contributed by atoms with Crippen molar-refractivity contribution in [1.29, 1.82) is 0 Å². The summed E-state index contributed by atoms with van der Waals surface area (Å²) < 4.78 is 5.61. The number of ether oxygens (including phenoxy) is 1. The van der Waals surface area contributed by atoms with Crippen molar-refractivity contribution < 1.29 is 4.74 Å². The van der Waals surface area contributed by atoms with Gasteiger partial charge in [0.15, 0.2) is 0 Å². The van der Waals surface area contributed by atoms with E-state index in [2.05, 4.69) is 62.2 Å². The van der Waals surface area contributed by atoms with E-state index in [0.717, 1.165) is 48.2 Å². The molecule has 0 spiro atoms. The molecule has 31 heavy (non-hydrogen) atoms. The first-order valence-electron chi connectivity index (χ1n) is 11.1. The van der Waals surface area contributed by atoms with Gasteiger partial charge in [0.2, 0.25) is 0 Å². The third kappa shape index (κ3) is 4.05. The van der Waals surface area contributed by atoms with Crippen molar-refractivity contribution in [2.75, 3.05) is 13.7 Å². The van der Waals surface area contributed by atoms with Crippen LogP contribution in [0.15, 0.2) is 42.5 Å². The third-order valence-corrected chi connectivity index (χ3v) is 6.10. The number of nitrogens with one attached hydrogen (secondary N) is 1. The Morgan fingerprint density at radius 1 is 1.00 bits per heavy atom. The summed E-state index contributed by atoms with van der Waals surface area (Å²) in [6.45, 7) is 9.53. The van der Waals surface area contributed by atoms with E-state index in [4.69, 9.17) is 15.5 Å². The zero-order chi connectivity index (χ0) is 22.2. The number of hydrogen-bond acceptors (Lipinski definition) is 3. The number of rotatable bonds is 6. The van der Waals surface area contributed by atoms with Gasteiger partial charge in [0.25, 0.3) is 0 Å². The molecule has 162 valence electrons. The lowest BCUT2D eigenvalue weighted by atomic mass is 9.86. The summed E-state index contributed by atoms with van der Waals surface area (Å²) in [5, 5.41) is 2.41. The van der Waals surface area contributed by atoms with Crippen LogP contribution in [-0.4, -0.2) is 23.6 Å². The van der Waals surface area contributed by atoms with Crippen molar-refractivity contribution in [3.8, 4) is 17.0 Å². The van der Waals surface area contributed by atoms with E-state index in [1.807, 2.05) is 13.0 Å². The van der Waals surface area contributed by atoms with Crippen LogP contribution in [0.2, 0.25) is 0 Å². The predicted octanol–water partition coefficient (Wildman–Crippen LogP) is 6.28. The van der Waals surface area contributed by atoms with Crippen LogP contribution in [0.3, 0.4) is 0 Å². The van der Waals surface area contributed by atoms with Gasteiger partial charge in [0.1, 0.15) is 11.3 Å². The van der Waals surface area contributed by atoms with Crippen LogP contribution in [-0.2, 0) is 11.8 Å². The molecule has 0 atom stereocenters. The number of fused-ring (bicyclic) bond motifs is 2. The molecule has 2 aromatic heterocycles. The third-order valence-electron chi connectivity index (χ3n) is 6.10. The monoisotopic (exact) mass is 415 g/mol. The van der Waals surface area contributed by atoms with Crippen LogP contribution in [0.4, 0.5) is 0 Å². The Kier molecular flexibility index (Phi) is 5.76. The average molecular weight is 416 g/mol. The number of aromatic amines is 1. The minimum Gasteiger partial charge on any atom is -0.494 e. The van der Waals surface area contributed by atoms with E-state index in [9.17, 15) is 0 Å². The van der Waals surface area contributed by atoms with Gasteiger partial charge in [-0.1, -0.05) is 32.9 Å². The molecular weight excluding hydrogens is 382 g/mol. The van der Waals surface area contributed by atoms with Crippen molar-refractivity contribution in [1.82, 2.24) is 9.97 Å². The van der Waals surface area contributed by atoms with Crippen LogP contribution < -0.4 is 10.5 Å². The van der Waals surface area contributed by atoms with Gasteiger partial charge in [-0.25, -0.2) is 4.98 Å². The molecule has 4 aromatic rings. The highest BCUT2D eigenvalue weighted by Gasteiger charge is 2.20. The maximum atomic E-state index is 5.80. The molecule has 4 rings (SSSR count). The highest BCUT2D eigenvalue weighted by atomic mass is 16.5. The smallest absolute Gasteiger partial charge is 0.145 e. The summed E-state index contributed by atoms with van der Waals surface area (Å²) in [5.41, 5.74) is 14.0. The molecule has 2 aromatic carbocycles. The molecule has 0 bridgehead atoms. The van der Waals surface area contributed by atoms with Gasteiger partial charge in [0, 0.05) is 27.5 Å². The van der Waals surface area contributed by atoms with E-state index >= 15 is 0 Å². The second kappa shape index (κ2) is 8.35. The summed E-state index contributed by atoms with van der Waals surface area (Å²) in [6, 6.07) is 15.2. The lowest BCUT2D eigenvalue weighted by Crippen LogP contribution is -2.10. The summed E-state index contributed by atoms with van der Waals surface area (Å²) in [5.74, 6) is 0.804. The van der Waals surface area contributed by atoms with E-state index in [-0.39, 0.29) is 5.41 Å². The number of pyridine rings is 1. The van der Waals surface area contributed by atoms with E-state index < -0.39 is 0 Å². The fourth-order valence-corrected chi connectivity index (χ4v) is 4.32. The molecule has 0 aliphatic rings. The van der Waals surface area contributed by atoms with Gasteiger partial charge in [-0.15, -0.1) is 0 Å². The maximum absolute atomic E-state index is 5.80. The zero-order valence-corrected chi connectivity index (χ0v) is 19.3. The second-order valence-electron chi connectivity index (χ2n) is 9.40. The Balaban J connectivity index is 1.97. The van der Waals surface area contributed by atoms with Crippen molar-refractivity contribution >= 4 is 21.8 Å². The molecule has 0 aliphatic carbocycles. The highest BCUT2D eigenvalue weighted by Crippen LogP contribution is 2.39. The Morgan fingerprint density at radius 3 is 2.52 bits per heavy atom. The van der Waals surface area contributed by atoms with Gasteiger partial charge in [-0.05, 0) is 79.6 Å². The fourth-order valence-electron chi connectivity index (χ4n) is 4.32. The maximum Gasteiger partial charge on any atom is 0.145 e. The molecule has 0 saturated heterocycles. The number of benzene rings is 2. The molecule has 0 fully saturated rings. The lowest BCUT2D eigenvalue weighted by molar-refractivity contribution is 0.419. The molecule has 0 radical (unpaired) electrons. The first kappa shape index (κ1) is 21.4. The van der Waals surface area contributed by atoms with Gasteiger partial charge in [-0.2, -0.15) is 0 Å². The summed E-state index contributed by atoms with van der Waals surface area (Å²) in [4.78, 5) is 8.51. The molecule has 2 heterocycles. The molecule has 4 nitrogen and oxygen atoms in total. The molecule has 3 N–H and O–H groups in total. The van der Waals surface area contributed by atoms with E-state index in [1.165, 1.54) is 33.3 Å². The predicted molar refractivity (Wildman–Crippen MR) is 131 cm³/mol. The fraction of sp³-hybridized carbons (Fsp3) is 0.370. The summed E-state index contributed by atoms with van der Waals surface area (Å²) in [6.07, 6.45) is 3.09. The number of unbranched alkanes of at least 4 members (excludes halogenated alkanes) is 1. The summed E-state index contributed by atoms with van der Waals surface area (Å²) in [7, 11) is 1.70. The first-order valence-corrected chi connectivity index (χ1v) is 11.1. The van der Waals surface area contributed by atoms with E-state index in [1.54, 1.807) is 7.11 Å². The average Bonchev–Trinajstić information content (AvgIpc) is 3.10. The number of aromatic nitrogens is 2. The summed E-state index contributed by atoms with van der Waals surface area (Å²) >= 11 is 0. The molecule has 4 heteroatoms. The second-order valence-corrected chi connectivity index (χ2v) is 9.40. The number of methoxy groups -OCH3 is 1. The molecule has 0 aliphatic heterocycles. The molecule has 0 unspecified atom stereocenters. The molecule has 0 amide bonds. The highest BCUT2D eigenvalue weighted by molar-refractivity contribution is 6.01. The van der Waals surface area contributed by atoms with Gasteiger partial charge in [-0.3, -0.25) is 0 Å². The van der Waals surface area contributed by atoms with E-state index in [0.29, 0.717) is 0 Å².